The fraction of sp³-hybridized carbons (Fsp3) is 0.467. The Morgan fingerprint density at radius 1 is 1.33 bits per heavy atom. The third-order valence-corrected chi connectivity index (χ3v) is 3.65. The maximum absolute atomic E-state index is 12.3. The third-order valence-electron chi connectivity index (χ3n) is 3.65. The van der Waals surface area contributed by atoms with E-state index in [0.717, 1.165) is 5.56 Å². The van der Waals surface area contributed by atoms with Crippen molar-refractivity contribution in [1.82, 2.24) is 4.90 Å². The van der Waals surface area contributed by atoms with E-state index < -0.39 is 24.1 Å². The first-order chi connectivity index (χ1) is 9.90. The number of rotatable bonds is 3. The van der Waals surface area contributed by atoms with Crippen LogP contribution in [-0.4, -0.2) is 45.8 Å². The van der Waals surface area contributed by atoms with E-state index in [4.69, 9.17) is 5.11 Å². The lowest BCUT2D eigenvalue weighted by Crippen LogP contribution is -2.43. The Kier molecular flexibility index (Phi) is 4.47. The van der Waals surface area contributed by atoms with Crippen molar-refractivity contribution in [3.8, 4) is 0 Å². The number of amides is 2. The number of anilines is 1. The molecular formula is C15H20N2O4. The van der Waals surface area contributed by atoms with Gasteiger partial charge >= 0.3 is 12.0 Å². The van der Waals surface area contributed by atoms with Crippen LogP contribution in [0, 0.1) is 0 Å². The second-order valence-electron chi connectivity index (χ2n) is 5.57. The summed E-state index contributed by atoms with van der Waals surface area (Å²) in [7, 11) is 0. The molecule has 2 amide bonds. The molecule has 1 aromatic rings. The standard InChI is InChI=1S/C15H20N2O4/c1-9(2)11-5-3-4-6-12(11)16-15(21)17-8-10(18)7-13(17)14(19)20/h3-6,9-10,13,18H,7-8H2,1-2H3,(H,16,21)(H,19,20)/t10-,13-/m1/s1. The van der Waals surface area contributed by atoms with Crippen molar-refractivity contribution >= 4 is 17.7 Å². The number of carboxylic acid groups (broad SMARTS) is 1. The molecule has 0 spiro atoms. The van der Waals surface area contributed by atoms with Gasteiger partial charge in [-0.1, -0.05) is 32.0 Å². The Bertz CT molecular complexity index is 544. The second-order valence-corrected chi connectivity index (χ2v) is 5.57. The van der Waals surface area contributed by atoms with Crippen LogP contribution in [0.3, 0.4) is 0 Å². The van der Waals surface area contributed by atoms with E-state index >= 15 is 0 Å². The van der Waals surface area contributed by atoms with Gasteiger partial charge in [-0.05, 0) is 17.5 Å². The van der Waals surface area contributed by atoms with E-state index in [1.165, 1.54) is 4.90 Å². The number of urea groups is 1. The highest BCUT2D eigenvalue weighted by molar-refractivity contribution is 5.93. The predicted octanol–water partition coefficient (Wildman–Crippen LogP) is 1.86. The predicted molar refractivity (Wildman–Crippen MR) is 78.3 cm³/mol. The number of aliphatic hydroxyl groups is 1. The average molecular weight is 292 g/mol. The van der Waals surface area contributed by atoms with Crippen LogP contribution in [-0.2, 0) is 4.79 Å². The van der Waals surface area contributed by atoms with Gasteiger partial charge in [-0.15, -0.1) is 0 Å². The molecule has 1 aromatic carbocycles. The molecule has 6 nitrogen and oxygen atoms in total. The second kappa shape index (κ2) is 6.13. The van der Waals surface area contributed by atoms with Crippen molar-refractivity contribution in [2.24, 2.45) is 0 Å². The number of nitrogens with zero attached hydrogens (tertiary/aromatic N) is 1. The zero-order valence-corrected chi connectivity index (χ0v) is 12.1. The van der Waals surface area contributed by atoms with Crippen molar-refractivity contribution in [1.29, 1.82) is 0 Å². The van der Waals surface area contributed by atoms with Gasteiger partial charge in [-0.25, -0.2) is 9.59 Å². The lowest BCUT2D eigenvalue weighted by molar-refractivity contribution is -0.141. The van der Waals surface area contributed by atoms with Crippen LogP contribution in [0.5, 0.6) is 0 Å². The topological polar surface area (TPSA) is 89.9 Å². The number of nitrogens with one attached hydrogen (secondary N) is 1. The number of carbonyl (C=O) groups is 2. The fourth-order valence-electron chi connectivity index (χ4n) is 2.57. The smallest absolute Gasteiger partial charge is 0.326 e. The first-order valence-electron chi connectivity index (χ1n) is 6.97. The highest BCUT2D eigenvalue weighted by atomic mass is 16.4. The van der Waals surface area contributed by atoms with Gasteiger partial charge in [0.2, 0.25) is 0 Å². The molecule has 6 heteroatoms. The normalized spacial score (nSPS) is 21.6. The number of para-hydroxylation sites is 1. The summed E-state index contributed by atoms with van der Waals surface area (Å²) in [5.41, 5.74) is 1.65. The van der Waals surface area contributed by atoms with Crippen molar-refractivity contribution in [3.63, 3.8) is 0 Å². The first kappa shape index (κ1) is 15.3. The molecular weight excluding hydrogens is 272 g/mol. The van der Waals surface area contributed by atoms with Crippen molar-refractivity contribution in [2.75, 3.05) is 11.9 Å². The molecule has 0 aliphatic carbocycles. The van der Waals surface area contributed by atoms with Crippen LogP contribution in [0.25, 0.3) is 0 Å². The molecule has 3 N–H and O–H groups in total. The molecule has 1 saturated heterocycles. The van der Waals surface area contributed by atoms with Crippen LogP contribution < -0.4 is 5.32 Å². The summed E-state index contributed by atoms with van der Waals surface area (Å²) in [4.78, 5) is 24.6. The van der Waals surface area contributed by atoms with Gasteiger partial charge in [0.1, 0.15) is 6.04 Å². The van der Waals surface area contributed by atoms with Crippen LogP contribution in [0.15, 0.2) is 24.3 Å². The molecule has 1 aliphatic heterocycles. The molecule has 2 atom stereocenters. The molecule has 2 rings (SSSR count). The third kappa shape index (κ3) is 3.33. The number of likely N-dealkylation sites (tertiary alicyclic amines) is 1. The van der Waals surface area contributed by atoms with Crippen LogP contribution in [0.2, 0.25) is 0 Å². The number of benzene rings is 1. The van der Waals surface area contributed by atoms with Gasteiger partial charge in [-0.2, -0.15) is 0 Å². The summed E-state index contributed by atoms with van der Waals surface area (Å²) in [5.74, 6) is -0.861. The van der Waals surface area contributed by atoms with Gasteiger partial charge in [-0.3, -0.25) is 0 Å². The summed E-state index contributed by atoms with van der Waals surface area (Å²) >= 11 is 0. The summed E-state index contributed by atoms with van der Waals surface area (Å²) < 4.78 is 0. The Morgan fingerprint density at radius 3 is 2.62 bits per heavy atom. The molecule has 1 aliphatic rings. The Hall–Kier alpha value is -2.08. The van der Waals surface area contributed by atoms with Crippen LogP contribution in [0.4, 0.5) is 10.5 Å². The summed E-state index contributed by atoms with van der Waals surface area (Å²) in [6.45, 7) is 4.07. The number of hydrogen-bond acceptors (Lipinski definition) is 3. The number of aliphatic hydroxyl groups excluding tert-OH is 1. The molecule has 1 heterocycles. The molecule has 21 heavy (non-hydrogen) atoms. The number of carboxylic acids is 1. The van der Waals surface area contributed by atoms with E-state index in [1.807, 2.05) is 32.0 Å². The molecule has 0 radical (unpaired) electrons. The Balaban J connectivity index is 2.16. The van der Waals surface area contributed by atoms with E-state index in [-0.39, 0.29) is 18.9 Å². The largest absolute Gasteiger partial charge is 0.480 e. The SMILES string of the molecule is CC(C)c1ccccc1NC(=O)N1C[C@H](O)C[C@@H]1C(=O)O. The average Bonchev–Trinajstić information content (AvgIpc) is 2.81. The minimum atomic E-state index is -1.10. The van der Waals surface area contributed by atoms with Crippen molar-refractivity contribution in [3.05, 3.63) is 29.8 Å². The van der Waals surface area contributed by atoms with Crippen molar-refractivity contribution in [2.45, 2.75) is 38.3 Å². The van der Waals surface area contributed by atoms with E-state index in [1.54, 1.807) is 6.07 Å². The van der Waals surface area contributed by atoms with Gasteiger partial charge < -0.3 is 20.4 Å². The van der Waals surface area contributed by atoms with E-state index in [9.17, 15) is 14.7 Å². The lowest BCUT2D eigenvalue weighted by atomic mass is 10.0. The Labute approximate surface area is 123 Å². The van der Waals surface area contributed by atoms with E-state index in [0.29, 0.717) is 5.69 Å². The van der Waals surface area contributed by atoms with E-state index in [2.05, 4.69) is 5.32 Å². The Morgan fingerprint density at radius 2 is 2.00 bits per heavy atom. The van der Waals surface area contributed by atoms with Gasteiger partial charge in [0.25, 0.3) is 0 Å². The first-order valence-corrected chi connectivity index (χ1v) is 6.97. The van der Waals surface area contributed by atoms with Crippen molar-refractivity contribution < 1.29 is 19.8 Å². The number of hydrogen-bond donors (Lipinski definition) is 3. The summed E-state index contributed by atoms with van der Waals surface area (Å²) in [5, 5.41) is 21.5. The number of aliphatic carboxylic acids is 1. The van der Waals surface area contributed by atoms with Crippen LogP contribution >= 0.6 is 0 Å². The summed E-state index contributed by atoms with van der Waals surface area (Å²) in [6, 6.07) is 5.95. The van der Waals surface area contributed by atoms with Gasteiger partial charge in [0, 0.05) is 18.7 Å². The minimum Gasteiger partial charge on any atom is -0.480 e. The summed E-state index contributed by atoms with van der Waals surface area (Å²) in [6.07, 6.45) is -0.730. The lowest BCUT2D eigenvalue weighted by Gasteiger charge is -2.23. The van der Waals surface area contributed by atoms with Gasteiger partial charge in [0.05, 0.1) is 6.10 Å². The molecule has 0 bridgehead atoms. The van der Waals surface area contributed by atoms with Crippen LogP contribution in [0.1, 0.15) is 31.7 Å². The number of β-amino-alcohol motifs (C(OH)–C–C–N with tert-alkyl or cyclic N) is 1. The molecule has 1 fully saturated rings. The molecule has 0 unspecified atom stereocenters. The highest BCUT2D eigenvalue weighted by Crippen LogP contribution is 2.25. The highest BCUT2D eigenvalue weighted by Gasteiger charge is 2.39. The minimum absolute atomic E-state index is 0.0344. The monoisotopic (exact) mass is 292 g/mol. The molecule has 114 valence electrons. The maximum Gasteiger partial charge on any atom is 0.326 e. The zero-order chi connectivity index (χ0) is 15.6. The quantitative estimate of drug-likeness (QED) is 0.793. The van der Waals surface area contributed by atoms with Gasteiger partial charge in [0.15, 0.2) is 0 Å². The molecule has 0 aromatic heterocycles. The maximum atomic E-state index is 12.3. The zero-order valence-electron chi connectivity index (χ0n) is 12.1. The fourth-order valence-corrected chi connectivity index (χ4v) is 2.57. The molecule has 0 saturated carbocycles. The number of carbonyl (C=O) groups excluding carboxylic acids is 1.